The Kier molecular flexibility index (Phi) is 8.76. The van der Waals surface area contributed by atoms with Crippen molar-refractivity contribution in [2.75, 3.05) is 23.3 Å². The maximum absolute atomic E-state index is 12.3. The monoisotopic (exact) mass is 381 g/mol. The molecular formula is C19H25Cl2N3O. The van der Waals surface area contributed by atoms with Crippen LogP contribution >= 0.6 is 24.8 Å². The molecule has 2 aromatic carbocycles. The summed E-state index contributed by atoms with van der Waals surface area (Å²) in [6.07, 6.45) is 3.01. The summed E-state index contributed by atoms with van der Waals surface area (Å²) in [4.78, 5) is 14.6. The van der Waals surface area contributed by atoms with E-state index in [2.05, 4.69) is 16.3 Å². The minimum atomic E-state index is -0.548. The molecule has 3 N–H and O–H groups in total. The SMILES string of the molecule is Cl.Cl.N[C@@H](Cc1ccccc1)C(=O)Nc1cccc(N2CCCC2)c1. The van der Waals surface area contributed by atoms with Crippen LogP contribution in [0.2, 0.25) is 0 Å². The van der Waals surface area contributed by atoms with E-state index in [4.69, 9.17) is 5.73 Å². The number of nitrogens with two attached hydrogens (primary N) is 1. The molecule has 1 amide bonds. The molecule has 0 aromatic heterocycles. The number of halogens is 2. The molecule has 0 saturated carbocycles. The largest absolute Gasteiger partial charge is 0.371 e. The van der Waals surface area contributed by atoms with Gasteiger partial charge in [0.05, 0.1) is 6.04 Å². The summed E-state index contributed by atoms with van der Waals surface area (Å²) in [7, 11) is 0. The highest BCUT2D eigenvalue weighted by atomic mass is 35.5. The van der Waals surface area contributed by atoms with E-state index >= 15 is 0 Å². The van der Waals surface area contributed by atoms with Gasteiger partial charge in [0.2, 0.25) is 5.91 Å². The van der Waals surface area contributed by atoms with Gasteiger partial charge in [0.15, 0.2) is 0 Å². The lowest BCUT2D eigenvalue weighted by atomic mass is 10.1. The van der Waals surface area contributed by atoms with Gasteiger partial charge >= 0.3 is 0 Å². The molecule has 0 aliphatic carbocycles. The van der Waals surface area contributed by atoms with Gasteiger partial charge in [0.1, 0.15) is 0 Å². The molecule has 0 spiro atoms. The highest BCUT2D eigenvalue weighted by molar-refractivity contribution is 5.95. The number of carbonyl (C=O) groups is 1. The maximum Gasteiger partial charge on any atom is 0.241 e. The van der Waals surface area contributed by atoms with E-state index in [-0.39, 0.29) is 30.7 Å². The second-order valence-corrected chi connectivity index (χ2v) is 6.03. The molecule has 4 nitrogen and oxygen atoms in total. The molecule has 1 saturated heterocycles. The van der Waals surface area contributed by atoms with Gasteiger partial charge in [-0.1, -0.05) is 36.4 Å². The average Bonchev–Trinajstić information content (AvgIpc) is 3.10. The van der Waals surface area contributed by atoms with Crippen LogP contribution in [0.15, 0.2) is 54.6 Å². The Hall–Kier alpha value is -1.75. The van der Waals surface area contributed by atoms with Crippen molar-refractivity contribution in [2.24, 2.45) is 5.73 Å². The van der Waals surface area contributed by atoms with Crippen molar-refractivity contribution in [2.45, 2.75) is 25.3 Å². The first kappa shape index (κ1) is 21.3. The Bertz CT molecular complexity index is 661. The van der Waals surface area contributed by atoms with E-state index in [1.807, 2.05) is 48.5 Å². The van der Waals surface area contributed by atoms with Crippen molar-refractivity contribution in [1.82, 2.24) is 0 Å². The van der Waals surface area contributed by atoms with Crippen LogP contribution in [0.3, 0.4) is 0 Å². The number of benzene rings is 2. The van der Waals surface area contributed by atoms with Crippen LogP contribution < -0.4 is 16.0 Å². The molecule has 1 heterocycles. The van der Waals surface area contributed by atoms with Gasteiger partial charge < -0.3 is 16.0 Å². The van der Waals surface area contributed by atoms with Crippen LogP contribution in [0.4, 0.5) is 11.4 Å². The smallest absolute Gasteiger partial charge is 0.241 e. The highest BCUT2D eigenvalue weighted by Crippen LogP contribution is 2.23. The second kappa shape index (κ2) is 10.3. The summed E-state index contributed by atoms with van der Waals surface area (Å²) in [6.45, 7) is 2.18. The van der Waals surface area contributed by atoms with Crippen LogP contribution in [-0.2, 0) is 11.2 Å². The van der Waals surface area contributed by atoms with Crippen LogP contribution in [-0.4, -0.2) is 25.0 Å². The lowest BCUT2D eigenvalue weighted by Crippen LogP contribution is -2.37. The van der Waals surface area contributed by atoms with Crippen molar-refractivity contribution in [1.29, 1.82) is 0 Å². The summed E-state index contributed by atoms with van der Waals surface area (Å²) in [5, 5.41) is 2.94. The van der Waals surface area contributed by atoms with Crippen LogP contribution in [0.25, 0.3) is 0 Å². The van der Waals surface area contributed by atoms with Gasteiger partial charge in [-0.3, -0.25) is 4.79 Å². The van der Waals surface area contributed by atoms with Gasteiger partial charge in [-0.15, -0.1) is 24.8 Å². The van der Waals surface area contributed by atoms with Crippen LogP contribution in [0, 0.1) is 0 Å². The van der Waals surface area contributed by atoms with Crippen molar-refractivity contribution in [3.8, 4) is 0 Å². The lowest BCUT2D eigenvalue weighted by Gasteiger charge is -2.19. The molecule has 1 aliphatic rings. The average molecular weight is 382 g/mol. The molecule has 1 atom stereocenters. The first-order valence-corrected chi connectivity index (χ1v) is 8.18. The Morgan fingerprint density at radius 1 is 1.04 bits per heavy atom. The summed E-state index contributed by atoms with van der Waals surface area (Å²) < 4.78 is 0. The number of amides is 1. The number of anilines is 2. The number of nitrogens with zero attached hydrogens (tertiary/aromatic N) is 1. The summed E-state index contributed by atoms with van der Waals surface area (Å²) in [5.41, 5.74) is 9.08. The molecule has 25 heavy (non-hydrogen) atoms. The fraction of sp³-hybridized carbons (Fsp3) is 0.316. The van der Waals surface area contributed by atoms with E-state index in [0.29, 0.717) is 6.42 Å². The Labute approximate surface area is 161 Å². The third kappa shape index (κ3) is 5.92. The first-order chi connectivity index (χ1) is 11.2. The second-order valence-electron chi connectivity index (χ2n) is 6.03. The Morgan fingerprint density at radius 3 is 2.40 bits per heavy atom. The van der Waals surface area contributed by atoms with Crippen molar-refractivity contribution >= 4 is 42.1 Å². The van der Waals surface area contributed by atoms with Crippen LogP contribution in [0.5, 0.6) is 0 Å². The predicted molar refractivity (Wildman–Crippen MR) is 109 cm³/mol. The Morgan fingerprint density at radius 2 is 1.72 bits per heavy atom. The van der Waals surface area contributed by atoms with Gasteiger partial charge in [-0.05, 0) is 43.0 Å². The van der Waals surface area contributed by atoms with E-state index < -0.39 is 6.04 Å². The zero-order chi connectivity index (χ0) is 16.1. The van der Waals surface area contributed by atoms with Gasteiger partial charge in [-0.25, -0.2) is 0 Å². The fourth-order valence-corrected chi connectivity index (χ4v) is 2.95. The quantitative estimate of drug-likeness (QED) is 0.830. The number of hydrogen-bond acceptors (Lipinski definition) is 3. The number of carbonyl (C=O) groups excluding carboxylic acids is 1. The molecule has 136 valence electrons. The van der Waals surface area contributed by atoms with E-state index in [1.165, 1.54) is 12.8 Å². The number of nitrogens with one attached hydrogen (secondary N) is 1. The van der Waals surface area contributed by atoms with Crippen molar-refractivity contribution in [3.63, 3.8) is 0 Å². The zero-order valence-electron chi connectivity index (χ0n) is 14.1. The van der Waals surface area contributed by atoms with Gasteiger partial charge in [0, 0.05) is 24.5 Å². The summed E-state index contributed by atoms with van der Waals surface area (Å²) in [6, 6.07) is 17.3. The molecule has 1 fully saturated rings. The minimum absolute atomic E-state index is 0. The third-order valence-electron chi connectivity index (χ3n) is 4.22. The topological polar surface area (TPSA) is 58.4 Å². The molecule has 1 aliphatic heterocycles. The number of rotatable bonds is 5. The molecule has 3 rings (SSSR count). The fourth-order valence-electron chi connectivity index (χ4n) is 2.95. The zero-order valence-corrected chi connectivity index (χ0v) is 15.7. The standard InChI is InChI=1S/C19H23N3O.2ClH/c20-18(13-15-7-2-1-3-8-15)19(23)21-16-9-6-10-17(14-16)22-11-4-5-12-22;;/h1-3,6-10,14,18H,4-5,11-13,20H2,(H,21,23);2*1H/t18-;;/m0../s1. The molecule has 6 heteroatoms. The van der Waals surface area contributed by atoms with Gasteiger partial charge in [0.25, 0.3) is 0 Å². The van der Waals surface area contributed by atoms with E-state index in [0.717, 1.165) is 30.0 Å². The summed E-state index contributed by atoms with van der Waals surface area (Å²) >= 11 is 0. The molecule has 0 bridgehead atoms. The normalized spacial score (nSPS) is 14.2. The molecule has 0 unspecified atom stereocenters. The lowest BCUT2D eigenvalue weighted by molar-refractivity contribution is -0.117. The van der Waals surface area contributed by atoms with Crippen molar-refractivity contribution in [3.05, 3.63) is 60.2 Å². The van der Waals surface area contributed by atoms with Crippen LogP contribution in [0.1, 0.15) is 18.4 Å². The summed E-state index contributed by atoms with van der Waals surface area (Å²) in [5.74, 6) is -0.146. The van der Waals surface area contributed by atoms with Gasteiger partial charge in [-0.2, -0.15) is 0 Å². The highest BCUT2D eigenvalue weighted by Gasteiger charge is 2.16. The Balaban J connectivity index is 0.00000156. The third-order valence-corrected chi connectivity index (χ3v) is 4.22. The maximum atomic E-state index is 12.3. The minimum Gasteiger partial charge on any atom is -0.371 e. The molecule has 2 aromatic rings. The first-order valence-electron chi connectivity index (χ1n) is 8.18. The number of hydrogen-bond donors (Lipinski definition) is 2. The molecular weight excluding hydrogens is 357 g/mol. The van der Waals surface area contributed by atoms with E-state index in [9.17, 15) is 4.79 Å². The van der Waals surface area contributed by atoms with Crippen molar-refractivity contribution < 1.29 is 4.79 Å². The van der Waals surface area contributed by atoms with E-state index in [1.54, 1.807) is 0 Å². The predicted octanol–water partition coefficient (Wildman–Crippen LogP) is 3.64. The molecule has 0 radical (unpaired) electrons.